The molecule has 0 atom stereocenters. The van der Waals surface area contributed by atoms with Gasteiger partial charge in [-0.05, 0) is 12.6 Å². The van der Waals surface area contributed by atoms with Crippen LogP contribution in [0.15, 0.2) is 36.5 Å². The van der Waals surface area contributed by atoms with Crippen LogP contribution < -0.4 is 10.2 Å². The molecule has 3 aromatic rings. The maximum Gasteiger partial charge on any atom is 0.229 e. The van der Waals surface area contributed by atoms with Crippen molar-refractivity contribution < 1.29 is 0 Å². The summed E-state index contributed by atoms with van der Waals surface area (Å²) in [7, 11) is 4.07. The number of piperazine rings is 1. The van der Waals surface area contributed by atoms with Gasteiger partial charge in [0.15, 0.2) is 5.65 Å². The fourth-order valence-electron chi connectivity index (χ4n) is 3.07. The Labute approximate surface area is 147 Å². The number of nitrogens with zero attached hydrogens (tertiary/aromatic N) is 6. The predicted molar refractivity (Wildman–Crippen MR) is 99.8 cm³/mol. The van der Waals surface area contributed by atoms with Crippen LogP contribution in [-0.2, 0) is 13.6 Å². The lowest BCUT2D eigenvalue weighted by molar-refractivity contribution is 0.311. The Bertz CT molecular complexity index is 850. The Morgan fingerprint density at radius 2 is 1.76 bits per heavy atom. The Balaban J connectivity index is 1.64. The Hall–Kier alpha value is -2.67. The minimum atomic E-state index is 0.726. The van der Waals surface area contributed by atoms with Gasteiger partial charge in [0, 0.05) is 39.8 Å². The smallest absolute Gasteiger partial charge is 0.229 e. The van der Waals surface area contributed by atoms with Crippen LogP contribution in [-0.4, -0.2) is 57.9 Å². The second kappa shape index (κ2) is 6.68. The van der Waals surface area contributed by atoms with E-state index in [2.05, 4.69) is 39.4 Å². The summed E-state index contributed by atoms with van der Waals surface area (Å²) in [5.41, 5.74) is 2.08. The van der Waals surface area contributed by atoms with Gasteiger partial charge >= 0.3 is 0 Å². The molecule has 1 fully saturated rings. The van der Waals surface area contributed by atoms with E-state index in [1.165, 1.54) is 5.56 Å². The average molecular weight is 337 g/mol. The van der Waals surface area contributed by atoms with E-state index in [4.69, 9.17) is 9.97 Å². The van der Waals surface area contributed by atoms with E-state index in [0.717, 1.165) is 55.5 Å². The molecule has 0 amide bonds. The third-order valence-corrected chi connectivity index (χ3v) is 4.67. The summed E-state index contributed by atoms with van der Waals surface area (Å²) in [6, 6.07) is 10.3. The molecule has 0 spiro atoms. The highest BCUT2D eigenvalue weighted by Crippen LogP contribution is 2.24. The number of nitrogens with one attached hydrogen (secondary N) is 1. The van der Waals surface area contributed by atoms with Crippen LogP contribution in [0.3, 0.4) is 0 Å². The summed E-state index contributed by atoms with van der Waals surface area (Å²) >= 11 is 0. The van der Waals surface area contributed by atoms with Crippen LogP contribution in [0.1, 0.15) is 5.56 Å². The average Bonchev–Trinajstić information content (AvgIpc) is 3.02. The first kappa shape index (κ1) is 15.8. The molecule has 130 valence electrons. The van der Waals surface area contributed by atoms with E-state index in [1.54, 1.807) is 0 Å². The molecule has 7 nitrogen and oxygen atoms in total. The lowest BCUT2D eigenvalue weighted by Gasteiger charge is -2.32. The van der Waals surface area contributed by atoms with Gasteiger partial charge in [0.25, 0.3) is 0 Å². The number of fused-ring (bicyclic) bond motifs is 1. The van der Waals surface area contributed by atoms with Crippen LogP contribution in [0.2, 0.25) is 0 Å². The summed E-state index contributed by atoms with van der Waals surface area (Å²) < 4.78 is 1.81. The van der Waals surface area contributed by atoms with Crippen molar-refractivity contribution in [3.05, 3.63) is 42.1 Å². The minimum Gasteiger partial charge on any atom is -0.365 e. The van der Waals surface area contributed by atoms with E-state index in [9.17, 15) is 0 Å². The fraction of sp³-hybridized carbons (Fsp3) is 0.389. The number of benzene rings is 1. The van der Waals surface area contributed by atoms with Crippen LogP contribution in [0.4, 0.5) is 11.8 Å². The van der Waals surface area contributed by atoms with Crippen molar-refractivity contribution in [2.75, 3.05) is 43.4 Å². The van der Waals surface area contributed by atoms with Gasteiger partial charge in [-0.2, -0.15) is 15.1 Å². The maximum atomic E-state index is 4.81. The number of likely N-dealkylation sites (N-methyl/N-ethyl adjacent to an activating group) is 1. The number of aryl methyl sites for hydroxylation is 1. The van der Waals surface area contributed by atoms with Gasteiger partial charge in [0.2, 0.25) is 5.95 Å². The summed E-state index contributed by atoms with van der Waals surface area (Å²) in [6.45, 7) is 4.67. The first-order valence-electron chi connectivity index (χ1n) is 8.62. The number of aromatic nitrogens is 4. The van der Waals surface area contributed by atoms with E-state index >= 15 is 0 Å². The van der Waals surface area contributed by atoms with Crippen LogP contribution >= 0.6 is 0 Å². The topological polar surface area (TPSA) is 62.1 Å². The Kier molecular flexibility index (Phi) is 4.23. The molecule has 0 aliphatic carbocycles. The number of rotatable bonds is 4. The molecule has 0 saturated carbocycles. The van der Waals surface area contributed by atoms with Gasteiger partial charge in [0.1, 0.15) is 5.82 Å². The highest BCUT2D eigenvalue weighted by atomic mass is 15.4. The van der Waals surface area contributed by atoms with E-state index in [-0.39, 0.29) is 0 Å². The van der Waals surface area contributed by atoms with Gasteiger partial charge < -0.3 is 15.1 Å². The van der Waals surface area contributed by atoms with E-state index in [0.29, 0.717) is 0 Å². The van der Waals surface area contributed by atoms with Crippen molar-refractivity contribution >= 4 is 22.8 Å². The second-order valence-electron chi connectivity index (χ2n) is 6.51. The second-order valence-corrected chi connectivity index (χ2v) is 6.51. The molecule has 7 heteroatoms. The van der Waals surface area contributed by atoms with E-state index < -0.39 is 0 Å². The molecule has 1 aliphatic heterocycles. The van der Waals surface area contributed by atoms with Crippen molar-refractivity contribution in [2.24, 2.45) is 7.05 Å². The SMILES string of the molecule is CN1CCN(c2nc(NCc3ccccc3)c3cnn(C)c3n2)CC1. The molecule has 0 radical (unpaired) electrons. The van der Waals surface area contributed by atoms with Crippen molar-refractivity contribution in [1.29, 1.82) is 0 Å². The largest absolute Gasteiger partial charge is 0.365 e. The molecule has 2 aromatic heterocycles. The van der Waals surface area contributed by atoms with Crippen molar-refractivity contribution in [1.82, 2.24) is 24.6 Å². The molecular formula is C18H23N7. The highest BCUT2D eigenvalue weighted by molar-refractivity contribution is 5.87. The monoisotopic (exact) mass is 337 g/mol. The highest BCUT2D eigenvalue weighted by Gasteiger charge is 2.19. The van der Waals surface area contributed by atoms with Crippen LogP contribution in [0.25, 0.3) is 11.0 Å². The molecule has 1 saturated heterocycles. The third kappa shape index (κ3) is 3.28. The predicted octanol–water partition coefficient (Wildman–Crippen LogP) is 1.73. The standard InChI is InChI=1S/C18H23N7/c1-23-8-10-25(11-9-23)18-21-16(15-13-20-24(2)17(15)22-18)19-12-14-6-4-3-5-7-14/h3-7,13H,8-12H2,1-2H3,(H,19,21,22). The van der Waals surface area contributed by atoms with Crippen molar-refractivity contribution in [2.45, 2.75) is 6.54 Å². The summed E-state index contributed by atoms with van der Waals surface area (Å²) in [6.07, 6.45) is 1.83. The van der Waals surface area contributed by atoms with E-state index in [1.807, 2.05) is 36.1 Å². The first-order valence-corrected chi connectivity index (χ1v) is 8.62. The molecule has 0 unspecified atom stereocenters. The molecule has 4 rings (SSSR count). The normalized spacial score (nSPS) is 15.7. The molecule has 3 heterocycles. The fourth-order valence-corrected chi connectivity index (χ4v) is 3.07. The van der Waals surface area contributed by atoms with Gasteiger partial charge in [0.05, 0.1) is 11.6 Å². The third-order valence-electron chi connectivity index (χ3n) is 4.67. The minimum absolute atomic E-state index is 0.726. The number of hydrogen-bond acceptors (Lipinski definition) is 6. The lowest BCUT2D eigenvalue weighted by atomic mass is 10.2. The first-order chi connectivity index (χ1) is 12.2. The lowest BCUT2D eigenvalue weighted by Crippen LogP contribution is -2.45. The molecule has 0 bridgehead atoms. The zero-order valence-electron chi connectivity index (χ0n) is 14.7. The zero-order valence-corrected chi connectivity index (χ0v) is 14.7. The Morgan fingerprint density at radius 3 is 2.52 bits per heavy atom. The molecular weight excluding hydrogens is 314 g/mol. The molecule has 1 N–H and O–H groups in total. The molecule has 1 aromatic carbocycles. The molecule has 25 heavy (non-hydrogen) atoms. The quantitative estimate of drug-likeness (QED) is 0.782. The van der Waals surface area contributed by atoms with Crippen molar-refractivity contribution in [3.8, 4) is 0 Å². The van der Waals surface area contributed by atoms with Crippen LogP contribution in [0, 0.1) is 0 Å². The number of anilines is 2. The van der Waals surface area contributed by atoms with Gasteiger partial charge in [-0.3, -0.25) is 4.68 Å². The number of hydrogen-bond donors (Lipinski definition) is 1. The van der Waals surface area contributed by atoms with Gasteiger partial charge in [-0.1, -0.05) is 30.3 Å². The summed E-state index contributed by atoms with van der Waals surface area (Å²) in [5, 5.41) is 8.78. The van der Waals surface area contributed by atoms with Crippen molar-refractivity contribution in [3.63, 3.8) is 0 Å². The zero-order chi connectivity index (χ0) is 17.2. The van der Waals surface area contributed by atoms with Gasteiger partial charge in [-0.15, -0.1) is 0 Å². The summed E-state index contributed by atoms with van der Waals surface area (Å²) in [5.74, 6) is 1.62. The van der Waals surface area contributed by atoms with Gasteiger partial charge in [-0.25, -0.2) is 0 Å². The van der Waals surface area contributed by atoms with Crippen LogP contribution in [0.5, 0.6) is 0 Å². The Morgan fingerprint density at radius 1 is 1.00 bits per heavy atom. The molecule has 1 aliphatic rings. The summed E-state index contributed by atoms with van der Waals surface area (Å²) in [4.78, 5) is 14.1. The maximum absolute atomic E-state index is 4.81.